The molecule has 2 aromatic heterocycles. The Hall–Kier alpha value is -1.27. The zero-order valence-corrected chi connectivity index (χ0v) is 9.81. The molecule has 0 saturated carbocycles. The second-order valence-electron chi connectivity index (χ2n) is 2.96. The number of aryl methyl sites for hydroxylation is 1. The van der Waals surface area contributed by atoms with Crippen LogP contribution in [0.3, 0.4) is 0 Å². The van der Waals surface area contributed by atoms with Crippen molar-refractivity contribution >= 4 is 28.5 Å². The summed E-state index contributed by atoms with van der Waals surface area (Å²) in [7, 11) is 0. The van der Waals surface area contributed by atoms with Crippen molar-refractivity contribution in [3.8, 4) is 5.13 Å². The van der Waals surface area contributed by atoms with E-state index in [2.05, 4.69) is 16.9 Å². The van der Waals surface area contributed by atoms with E-state index in [0.29, 0.717) is 5.82 Å². The van der Waals surface area contributed by atoms with Crippen molar-refractivity contribution in [1.82, 2.24) is 14.5 Å². The van der Waals surface area contributed by atoms with Gasteiger partial charge >= 0.3 is 0 Å². The lowest BCUT2D eigenvalue weighted by Crippen LogP contribution is -2.15. The smallest absolute Gasteiger partial charge is 0.195 e. The largest absolute Gasteiger partial charge is 0.387 e. The average Bonchev–Trinajstić information content (AvgIpc) is 2.85. The third-order valence-electron chi connectivity index (χ3n) is 1.97. The Morgan fingerprint density at radius 2 is 2.47 bits per heavy atom. The highest BCUT2D eigenvalue weighted by atomic mass is 32.1. The second-order valence-corrected chi connectivity index (χ2v) is 4.24. The van der Waals surface area contributed by atoms with Crippen LogP contribution in [-0.4, -0.2) is 19.5 Å². The maximum atomic E-state index is 5.56. The lowest BCUT2D eigenvalue weighted by molar-refractivity contribution is 0.973. The van der Waals surface area contributed by atoms with Crippen molar-refractivity contribution in [2.24, 2.45) is 5.73 Å². The SMILES string of the molecule is CCc1csc(-n2ccnc2C(N)=S)n1. The number of rotatable bonds is 3. The van der Waals surface area contributed by atoms with Gasteiger partial charge in [0, 0.05) is 17.8 Å². The summed E-state index contributed by atoms with van der Waals surface area (Å²) in [4.78, 5) is 8.82. The summed E-state index contributed by atoms with van der Waals surface area (Å²) in [6.07, 6.45) is 4.40. The molecule has 0 aliphatic carbocycles. The van der Waals surface area contributed by atoms with Gasteiger partial charge in [-0.2, -0.15) is 0 Å². The Labute approximate surface area is 96.8 Å². The Morgan fingerprint density at radius 1 is 1.67 bits per heavy atom. The van der Waals surface area contributed by atoms with E-state index in [-0.39, 0.29) is 4.99 Å². The fraction of sp³-hybridized carbons (Fsp3) is 0.222. The van der Waals surface area contributed by atoms with Gasteiger partial charge in [0.2, 0.25) is 0 Å². The third kappa shape index (κ3) is 1.91. The molecule has 15 heavy (non-hydrogen) atoms. The van der Waals surface area contributed by atoms with E-state index in [9.17, 15) is 0 Å². The predicted octanol–water partition coefficient (Wildman–Crippen LogP) is 1.53. The van der Waals surface area contributed by atoms with Crippen LogP contribution in [0.1, 0.15) is 18.4 Å². The van der Waals surface area contributed by atoms with Crippen LogP contribution < -0.4 is 5.73 Å². The summed E-state index contributed by atoms with van der Waals surface area (Å²) in [5.41, 5.74) is 6.63. The van der Waals surface area contributed by atoms with Crippen LogP contribution in [0.5, 0.6) is 0 Å². The number of thiocarbonyl (C=S) groups is 1. The molecule has 78 valence electrons. The Kier molecular flexibility index (Phi) is 2.79. The minimum Gasteiger partial charge on any atom is -0.387 e. The van der Waals surface area contributed by atoms with Crippen molar-refractivity contribution in [3.05, 3.63) is 29.3 Å². The molecule has 0 atom stereocenters. The molecule has 0 spiro atoms. The van der Waals surface area contributed by atoms with Crippen molar-refractivity contribution in [3.63, 3.8) is 0 Å². The zero-order valence-electron chi connectivity index (χ0n) is 8.17. The van der Waals surface area contributed by atoms with Crippen molar-refractivity contribution < 1.29 is 0 Å². The van der Waals surface area contributed by atoms with Crippen LogP contribution in [-0.2, 0) is 6.42 Å². The van der Waals surface area contributed by atoms with Crippen LogP contribution in [0.15, 0.2) is 17.8 Å². The summed E-state index contributed by atoms with van der Waals surface area (Å²) in [6, 6.07) is 0. The van der Waals surface area contributed by atoms with Crippen LogP contribution in [0.25, 0.3) is 5.13 Å². The molecule has 0 aliphatic heterocycles. The molecule has 0 radical (unpaired) electrons. The van der Waals surface area contributed by atoms with E-state index in [1.165, 1.54) is 0 Å². The van der Waals surface area contributed by atoms with Gasteiger partial charge in [-0.15, -0.1) is 11.3 Å². The van der Waals surface area contributed by atoms with E-state index in [1.807, 2.05) is 16.1 Å². The van der Waals surface area contributed by atoms with Gasteiger partial charge in [0.05, 0.1) is 5.69 Å². The van der Waals surface area contributed by atoms with Gasteiger partial charge in [0.15, 0.2) is 11.0 Å². The molecule has 0 amide bonds. The van der Waals surface area contributed by atoms with Gasteiger partial charge in [-0.1, -0.05) is 19.1 Å². The first kappa shape index (κ1) is 10.3. The van der Waals surface area contributed by atoms with E-state index in [4.69, 9.17) is 18.0 Å². The van der Waals surface area contributed by atoms with Crippen molar-refractivity contribution in [1.29, 1.82) is 0 Å². The number of nitrogens with zero attached hydrogens (tertiary/aromatic N) is 3. The number of aromatic nitrogens is 3. The van der Waals surface area contributed by atoms with Gasteiger partial charge in [0.1, 0.15) is 4.99 Å². The molecular weight excluding hydrogens is 228 g/mol. The summed E-state index contributed by atoms with van der Waals surface area (Å²) >= 11 is 6.47. The minimum atomic E-state index is 0.285. The summed E-state index contributed by atoms with van der Waals surface area (Å²) in [5, 5.41) is 2.88. The van der Waals surface area contributed by atoms with E-state index >= 15 is 0 Å². The standard InChI is InChI=1S/C9H10N4S2/c1-2-6-5-15-9(12-6)13-4-3-11-8(13)7(10)14/h3-5H,2H2,1H3,(H2,10,14). The molecule has 0 saturated heterocycles. The fourth-order valence-electron chi connectivity index (χ4n) is 1.21. The maximum Gasteiger partial charge on any atom is 0.195 e. The van der Waals surface area contributed by atoms with E-state index in [0.717, 1.165) is 17.2 Å². The lowest BCUT2D eigenvalue weighted by atomic mass is 10.4. The molecule has 2 heterocycles. The van der Waals surface area contributed by atoms with Gasteiger partial charge < -0.3 is 5.73 Å². The molecule has 0 bridgehead atoms. The number of thiazole rings is 1. The first-order valence-electron chi connectivity index (χ1n) is 4.50. The monoisotopic (exact) mass is 238 g/mol. The summed E-state index contributed by atoms with van der Waals surface area (Å²) in [5.74, 6) is 0.585. The molecule has 2 N–H and O–H groups in total. The number of hydrogen-bond acceptors (Lipinski definition) is 4. The highest BCUT2D eigenvalue weighted by molar-refractivity contribution is 7.80. The van der Waals surface area contributed by atoms with Gasteiger partial charge in [-0.25, -0.2) is 9.97 Å². The topological polar surface area (TPSA) is 56.7 Å². The highest BCUT2D eigenvalue weighted by Crippen LogP contribution is 2.16. The molecule has 0 unspecified atom stereocenters. The molecule has 2 aromatic rings. The first-order valence-corrected chi connectivity index (χ1v) is 5.79. The van der Waals surface area contributed by atoms with Crippen LogP contribution in [0.4, 0.5) is 0 Å². The van der Waals surface area contributed by atoms with E-state index in [1.54, 1.807) is 17.5 Å². The van der Waals surface area contributed by atoms with Crippen molar-refractivity contribution in [2.75, 3.05) is 0 Å². The number of nitrogens with two attached hydrogens (primary N) is 1. The Balaban J connectivity index is 2.44. The van der Waals surface area contributed by atoms with E-state index < -0.39 is 0 Å². The quantitative estimate of drug-likeness (QED) is 0.824. The minimum absolute atomic E-state index is 0.285. The molecule has 0 fully saturated rings. The van der Waals surface area contributed by atoms with Crippen LogP contribution in [0, 0.1) is 0 Å². The van der Waals surface area contributed by atoms with Crippen molar-refractivity contribution in [2.45, 2.75) is 13.3 Å². The maximum absolute atomic E-state index is 5.56. The normalized spacial score (nSPS) is 10.5. The summed E-state index contributed by atoms with van der Waals surface area (Å²) in [6.45, 7) is 2.07. The van der Waals surface area contributed by atoms with Crippen LogP contribution in [0.2, 0.25) is 0 Å². The number of hydrogen-bond donors (Lipinski definition) is 1. The predicted molar refractivity (Wildman–Crippen MR) is 64.5 cm³/mol. The third-order valence-corrected chi connectivity index (χ3v) is 3.04. The van der Waals surface area contributed by atoms with Gasteiger partial charge in [-0.3, -0.25) is 4.57 Å². The molecule has 4 nitrogen and oxygen atoms in total. The zero-order chi connectivity index (χ0) is 10.8. The average molecular weight is 238 g/mol. The Morgan fingerprint density at radius 3 is 3.07 bits per heavy atom. The van der Waals surface area contributed by atoms with Crippen LogP contribution >= 0.6 is 23.6 Å². The molecule has 0 aliphatic rings. The number of imidazole rings is 1. The lowest BCUT2D eigenvalue weighted by Gasteiger charge is -2.00. The highest BCUT2D eigenvalue weighted by Gasteiger charge is 2.10. The molecule has 6 heteroatoms. The van der Waals surface area contributed by atoms with Gasteiger partial charge in [-0.05, 0) is 6.42 Å². The first-order chi connectivity index (χ1) is 7.22. The molecule has 0 aromatic carbocycles. The summed E-state index contributed by atoms with van der Waals surface area (Å²) < 4.78 is 1.81. The fourth-order valence-corrected chi connectivity index (χ4v) is 2.25. The molecule has 2 rings (SSSR count). The second kappa shape index (κ2) is 4.08. The Bertz CT molecular complexity index is 486. The molecular formula is C9H10N4S2. The van der Waals surface area contributed by atoms with Gasteiger partial charge in [0.25, 0.3) is 0 Å².